The predicted molar refractivity (Wildman–Crippen MR) is 28.9 cm³/mol. The van der Waals surface area contributed by atoms with Gasteiger partial charge in [-0.15, -0.1) is 0 Å². The van der Waals surface area contributed by atoms with Gasteiger partial charge >= 0.3 is 0 Å². The van der Waals surface area contributed by atoms with Crippen LogP contribution in [0.5, 0.6) is 0 Å². The topological polar surface area (TPSA) is 41.5 Å². The molecule has 0 fully saturated rings. The van der Waals surface area contributed by atoms with Crippen LogP contribution in [-0.2, 0) is 4.84 Å². The maximum atomic E-state index is 8.47. The molecule has 46 valence electrons. The molecule has 0 saturated carbocycles. The van der Waals surface area contributed by atoms with Crippen LogP contribution in [-0.4, -0.2) is 17.8 Å². The summed E-state index contributed by atoms with van der Waals surface area (Å²) in [7, 11) is 0. The predicted octanol–water partition coefficient (Wildman–Crippen LogP) is -0.214. The number of aliphatic hydroxyl groups is 1. The quantitative estimate of drug-likeness (QED) is 0.496. The van der Waals surface area contributed by atoms with E-state index in [1.54, 1.807) is 0 Å². The molecule has 0 saturated heterocycles. The maximum absolute atomic E-state index is 8.47. The van der Waals surface area contributed by atoms with Gasteiger partial charge in [0.1, 0.15) is 6.10 Å². The second kappa shape index (κ2) is 2.15. The van der Waals surface area contributed by atoms with Gasteiger partial charge in [-0.25, -0.2) is 0 Å². The first-order chi connectivity index (χ1) is 3.83. The number of nitrogens with one attached hydrogen (secondary N) is 1. The van der Waals surface area contributed by atoms with Crippen molar-refractivity contribution in [3.8, 4) is 0 Å². The monoisotopic (exact) mass is 115 g/mol. The van der Waals surface area contributed by atoms with Crippen LogP contribution in [0.2, 0.25) is 0 Å². The summed E-state index contributed by atoms with van der Waals surface area (Å²) < 4.78 is 0. The van der Waals surface area contributed by atoms with Crippen LogP contribution < -0.4 is 5.48 Å². The summed E-state index contributed by atoms with van der Waals surface area (Å²) in [6, 6.07) is 0. The molecule has 3 nitrogen and oxygen atoms in total. The van der Waals surface area contributed by atoms with E-state index in [-0.39, 0.29) is 12.7 Å². The van der Waals surface area contributed by atoms with Gasteiger partial charge in [-0.2, -0.15) is 0 Å². The minimum absolute atomic E-state index is 0.0460. The van der Waals surface area contributed by atoms with E-state index >= 15 is 0 Å². The molecule has 2 N–H and O–H groups in total. The van der Waals surface area contributed by atoms with Crippen LogP contribution in [0.1, 0.15) is 6.92 Å². The fraction of sp³-hybridized carbons (Fsp3) is 0.600. The van der Waals surface area contributed by atoms with Crippen molar-refractivity contribution >= 4 is 0 Å². The SMILES string of the molecule is CC1=CC(CO)ON1. The van der Waals surface area contributed by atoms with E-state index in [0.717, 1.165) is 5.70 Å². The van der Waals surface area contributed by atoms with Crippen LogP contribution in [0.3, 0.4) is 0 Å². The highest BCUT2D eigenvalue weighted by molar-refractivity contribution is 5.02. The summed E-state index contributed by atoms with van der Waals surface area (Å²) in [6.45, 7) is 1.93. The Morgan fingerprint density at radius 1 is 2.00 bits per heavy atom. The smallest absolute Gasteiger partial charge is 0.128 e. The number of hydrogen-bond donors (Lipinski definition) is 2. The Bertz CT molecular complexity index is 111. The first kappa shape index (κ1) is 5.59. The molecule has 1 aliphatic heterocycles. The van der Waals surface area contributed by atoms with Crippen LogP contribution in [0, 0.1) is 0 Å². The molecular weight excluding hydrogens is 106 g/mol. The van der Waals surface area contributed by atoms with Crippen molar-refractivity contribution in [3.05, 3.63) is 11.8 Å². The largest absolute Gasteiger partial charge is 0.393 e. The van der Waals surface area contributed by atoms with Crippen molar-refractivity contribution in [2.24, 2.45) is 0 Å². The Kier molecular flexibility index (Phi) is 1.50. The standard InChI is InChI=1S/C5H9NO2/c1-4-2-5(3-7)8-6-4/h2,5-7H,3H2,1H3. The first-order valence-electron chi connectivity index (χ1n) is 2.54. The summed E-state index contributed by atoms with van der Waals surface area (Å²) in [5.74, 6) is 0. The number of allylic oxidation sites excluding steroid dienone is 1. The van der Waals surface area contributed by atoms with Crippen LogP contribution in [0.25, 0.3) is 0 Å². The van der Waals surface area contributed by atoms with Crippen molar-refractivity contribution in [3.63, 3.8) is 0 Å². The fourth-order valence-corrected chi connectivity index (χ4v) is 0.605. The maximum Gasteiger partial charge on any atom is 0.128 e. The van der Waals surface area contributed by atoms with E-state index in [1.165, 1.54) is 0 Å². The normalized spacial score (nSPS) is 27.2. The molecule has 1 rings (SSSR count). The van der Waals surface area contributed by atoms with Gasteiger partial charge < -0.3 is 5.11 Å². The second-order valence-corrected chi connectivity index (χ2v) is 1.79. The Balaban J connectivity index is 2.41. The average Bonchev–Trinajstić information content (AvgIpc) is 2.14. The molecule has 0 aromatic heterocycles. The summed E-state index contributed by atoms with van der Waals surface area (Å²) in [5, 5.41) is 8.47. The van der Waals surface area contributed by atoms with Gasteiger partial charge in [0.25, 0.3) is 0 Å². The highest BCUT2D eigenvalue weighted by atomic mass is 16.7. The van der Waals surface area contributed by atoms with E-state index in [2.05, 4.69) is 5.48 Å². The molecule has 1 atom stereocenters. The fourth-order valence-electron chi connectivity index (χ4n) is 0.605. The highest BCUT2D eigenvalue weighted by Crippen LogP contribution is 2.03. The zero-order valence-corrected chi connectivity index (χ0v) is 4.72. The zero-order valence-electron chi connectivity index (χ0n) is 4.72. The van der Waals surface area contributed by atoms with Gasteiger partial charge in [0.05, 0.1) is 6.61 Å². The molecule has 0 aromatic rings. The lowest BCUT2D eigenvalue weighted by Crippen LogP contribution is -2.14. The van der Waals surface area contributed by atoms with Crippen molar-refractivity contribution in [2.75, 3.05) is 6.61 Å². The van der Waals surface area contributed by atoms with E-state index in [0.29, 0.717) is 0 Å². The van der Waals surface area contributed by atoms with Gasteiger partial charge in [-0.05, 0) is 13.0 Å². The van der Waals surface area contributed by atoms with Crippen molar-refractivity contribution in [1.29, 1.82) is 0 Å². The Hall–Kier alpha value is -0.540. The molecule has 0 aliphatic carbocycles. The van der Waals surface area contributed by atoms with Gasteiger partial charge in [0.2, 0.25) is 0 Å². The van der Waals surface area contributed by atoms with Crippen molar-refractivity contribution < 1.29 is 9.94 Å². The van der Waals surface area contributed by atoms with E-state index in [9.17, 15) is 0 Å². The first-order valence-corrected chi connectivity index (χ1v) is 2.54. The summed E-state index contributed by atoms with van der Waals surface area (Å²) in [6.07, 6.45) is 1.69. The third-order valence-corrected chi connectivity index (χ3v) is 0.987. The third kappa shape index (κ3) is 0.993. The van der Waals surface area contributed by atoms with Crippen molar-refractivity contribution in [2.45, 2.75) is 13.0 Å². The molecule has 0 bridgehead atoms. The zero-order chi connectivity index (χ0) is 5.98. The minimum Gasteiger partial charge on any atom is -0.393 e. The minimum atomic E-state index is -0.144. The third-order valence-electron chi connectivity index (χ3n) is 0.987. The van der Waals surface area contributed by atoms with Crippen LogP contribution >= 0.6 is 0 Å². The van der Waals surface area contributed by atoms with Gasteiger partial charge in [0.15, 0.2) is 0 Å². The summed E-state index contributed by atoms with van der Waals surface area (Å²) in [4.78, 5) is 4.82. The van der Waals surface area contributed by atoms with Crippen LogP contribution in [0.4, 0.5) is 0 Å². The number of hydrogen-bond acceptors (Lipinski definition) is 3. The van der Waals surface area contributed by atoms with E-state index < -0.39 is 0 Å². The molecule has 1 unspecified atom stereocenters. The average molecular weight is 115 g/mol. The molecule has 0 spiro atoms. The summed E-state index contributed by atoms with van der Waals surface area (Å²) in [5.41, 5.74) is 3.58. The highest BCUT2D eigenvalue weighted by Gasteiger charge is 2.10. The molecule has 0 radical (unpaired) electrons. The van der Waals surface area contributed by atoms with E-state index in [4.69, 9.17) is 9.94 Å². The van der Waals surface area contributed by atoms with Gasteiger partial charge in [0, 0.05) is 5.70 Å². The Morgan fingerprint density at radius 3 is 3.00 bits per heavy atom. The second-order valence-electron chi connectivity index (χ2n) is 1.79. The number of rotatable bonds is 1. The molecule has 0 aromatic carbocycles. The molecule has 0 amide bonds. The molecule has 1 aliphatic rings. The number of hydroxylamine groups is 1. The van der Waals surface area contributed by atoms with E-state index in [1.807, 2.05) is 13.0 Å². The number of aliphatic hydroxyl groups excluding tert-OH is 1. The van der Waals surface area contributed by atoms with Crippen molar-refractivity contribution in [1.82, 2.24) is 5.48 Å². The van der Waals surface area contributed by atoms with Crippen LogP contribution in [0.15, 0.2) is 11.8 Å². The molecule has 8 heavy (non-hydrogen) atoms. The molecule has 1 heterocycles. The molecule has 3 heteroatoms. The van der Waals surface area contributed by atoms with Gasteiger partial charge in [-0.3, -0.25) is 10.3 Å². The molecular formula is C5H9NO2. The Labute approximate surface area is 47.9 Å². The lowest BCUT2D eigenvalue weighted by Gasteiger charge is -1.99. The lowest BCUT2D eigenvalue weighted by molar-refractivity contribution is 0.0107. The summed E-state index contributed by atoms with van der Waals surface area (Å²) >= 11 is 0. The Morgan fingerprint density at radius 2 is 2.75 bits per heavy atom. The van der Waals surface area contributed by atoms with Gasteiger partial charge in [-0.1, -0.05) is 0 Å². The lowest BCUT2D eigenvalue weighted by atomic mass is 10.3.